The molecule has 1 saturated carbocycles. The van der Waals surface area contributed by atoms with E-state index in [2.05, 4.69) is 35.0 Å². The molecular weight excluding hydrogens is 300 g/mol. The second kappa shape index (κ2) is 5.24. The van der Waals surface area contributed by atoms with Crippen molar-refractivity contribution in [1.82, 2.24) is 9.88 Å². The number of rotatable bonds is 2. The first kappa shape index (κ1) is 14.8. The molecule has 2 N–H and O–H groups in total. The summed E-state index contributed by atoms with van der Waals surface area (Å²) in [6.45, 7) is 3.28. The molecule has 1 aliphatic carbocycles. The predicted octanol–water partition coefficient (Wildman–Crippen LogP) is 3.26. The Bertz CT molecular complexity index is 783. The van der Waals surface area contributed by atoms with E-state index in [1.54, 1.807) is 7.11 Å². The zero-order chi connectivity index (χ0) is 16.4. The summed E-state index contributed by atoms with van der Waals surface area (Å²) in [5, 5.41) is 12.1. The van der Waals surface area contributed by atoms with Gasteiger partial charge in [-0.1, -0.05) is 13.3 Å². The van der Waals surface area contributed by atoms with Crippen LogP contribution < -0.4 is 4.74 Å². The molecule has 6 atom stereocenters. The number of nitrogens with zero attached hydrogens (tertiary/aromatic N) is 1. The Labute approximate surface area is 142 Å². The molecule has 1 aromatic carbocycles. The van der Waals surface area contributed by atoms with Gasteiger partial charge in [0.25, 0.3) is 0 Å². The van der Waals surface area contributed by atoms with Crippen molar-refractivity contribution in [2.75, 3.05) is 13.7 Å². The minimum Gasteiger partial charge on any atom is -0.497 e. The first-order valence-electron chi connectivity index (χ1n) is 9.33. The maximum absolute atomic E-state index is 10.7. The number of fused-ring (bicyclic) bond motifs is 4. The molecule has 4 aliphatic rings. The van der Waals surface area contributed by atoms with Crippen LogP contribution in [-0.4, -0.2) is 40.9 Å². The summed E-state index contributed by atoms with van der Waals surface area (Å²) in [6, 6.07) is 6.87. The number of benzene rings is 1. The van der Waals surface area contributed by atoms with Gasteiger partial charge in [0.1, 0.15) is 12.0 Å². The van der Waals surface area contributed by atoms with Crippen molar-refractivity contribution >= 4 is 10.9 Å². The summed E-state index contributed by atoms with van der Waals surface area (Å²) in [7, 11) is 1.72. The molecule has 0 spiro atoms. The third-order valence-electron chi connectivity index (χ3n) is 6.86. The van der Waals surface area contributed by atoms with Gasteiger partial charge < -0.3 is 14.8 Å². The van der Waals surface area contributed by atoms with E-state index in [9.17, 15) is 5.11 Å². The van der Waals surface area contributed by atoms with Crippen LogP contribution in [0.3, 0.4) is 0 Å². The molecule has 0 radical (unpaired) electrons. The molecule has 4 nitrogen and oxygen atoms in total. The highest BCUT2D eigenvalue weighted by Gasteiger charge is 2.52. The van der Waals surface area contributed by atoms with Gasteiger partial charge in [0.2, 0.25) is 0 Å². The van der Waals surface area contributed by atoms with E-state index in [-0.39, 0.29) is 6.23 Å². The van der Waals surface area contributed by atoms with Gasteiger partial charge >= 0.3 is 0 Å². The Balaban J connectivity index is 1.66. The topological polar surface area (TPSA) is 48.5 Å². The minimum absolute atomic E-state index is 0.232. The van der Waals surface area contributed by atoms with Gasteiger partial charge in [0.05, 0.1) is 7.11 Å². The Morgan fingerprint density at radius 1 is 1.33 bits per heavy atom. The SMILES string of the molecule is CCC1CC2CC3c4[nH]c5cc(OC)ccc5c4CCN(C2O)C13. The van der Waals surface area contributed by atoms with Crippen LogP contribution >= 0.6 is 0 Å². The molecular formula is C20H26N2O2. The highest BCUT2D eigenvalue weighted by Crippen LogP contribution is 2.52. The molecule has 2 aromatic rings. The number of aliphatic hydroxyl groups excluding tert-OH is 1. The van der Waals surface area contributed by atoms with E-state index in [0.29, 0.717) is 23.8 Å². The second-order valence-corrected chi connectivity index (χ2v) is 7.83. The maximum atomic E-state index is 10.7. The van der Waals surface area contributed by atoms with Gasteiger partial charge in [-0.15, -0.1) is 0 Å². The highest BCUT2D eigenvalue weighted by atomic mass is 16.5. The van der Waals surface area contributed by atoms with Crippen LogP contribution in [-0.2, 0) is 6.42 Å². The number of hydrogen-bond acceptors (Lipinski definition) is 3. The van der Waals surface area contributed by atoms with Gasteiger partial charge in [-0.3, -0.25) is 4.90 Å². The number of ether oxygens (including phenoxy) is 1. The third-order valence-corrected chi connectivity index (χ3v) is 6.86. The standard InChI is InChI=1S/C20H26N2O2/c1-3-11-8-12-9-16-18-15(6-7-22(19(11)16)20(12)23)14-5-4-13(24-2)10-17(14)21-18/h4-5,10-12,16,19-21,23H,3,6-9H2,1-2H3. The van der Waals surface area contributed by atoms with Gasteiger partial charge in [0, 0.05) is 41.2 Å². The average molecular weight is 326 g/mol. The van der Waals surface area contributed by atoms with Crippen molar-refractivity contribution in [3.05, 3.63) is 29.5 Å². The third kappa shape index (κ3) is 1.87. The lowest BCUT2D eigenvalue weighted by Gasteiger charge is -2.55. The van der Waals surface area contributed by atoms with E-state index in [1.165, 1.54) is 35.0 Å². The molecule has 128 valence electrons. The van der Waals surface area contributed by atoms with Gasteiger partial charge in [0.15, 0.2) is 0 Å². The maximum Gasteiger partial charge on any atom is 0.120 e. The molecule has 4 heteroatoms. The monoisotopic (exact) mass is 326 g/mol. The van der Waals surface area contributed by atoms with Crippen molar-refractivity contribution in [3.63, 3.8) is 0 Å². The van der Waals surface area contributed by atoms with Crippen LogP contribution in [0.15, 0.2) is 18.2 Å². The zero-order valence-corrected chi connectivity index (χ0v) is 14.5. The summed E-state index contributed by atoms with van der Waals surface area (Å²) in [5.74, 6) is 2.58. The largest absolute Gasteiger partial charge is 0.497 e. The molecule has 4 bridgehead atoms. The van der Waals surface area contributed by atoms with Crippen LogP contribution in [0.1, 0.15) is 43.4 Å². The number of methoxy groups -OCH3 is 1. The first-order chi connectivity index (χ1) is 11.7. The van der Waals surface area contributed by atoms with Gasteiger partial charge in [-0.05, 0) is 48.8 Å². The fraction of sp³-hybridized carbons (Fsp3) is 0.600. The van der Waals surface area contributed by atoms with E-state index >= 15 is 0 Å². The Kier molecular flexibility index (Phi) is 3.23. The summed E-state index contributed by atoms with van der Waals surface area (Å²) in [4.78, 5) is 6.16. The number of aromatic amines is 1. The van der Waals surface area contributed by atoms with Crippen LogP contribution in [0, 0.1) is 11.8 Å². The summed E-state index contributed by atoms with van der Waals surface area (Å²) < 4.78 is 5.40. The smallest absolute Gasteiger partial charge is 0.120 e. The number of nitrogens with one attached hydrogen (secondary N) is 1. The second-order valence-electron chi connectivity index (χ2n) is 7.83. The van der Waals surface area contributed by atoms with Crippen molar-refractivity contribution < 1.29 is 9.84 Å². The number of aliphatic hydroxyl groups is 1. The number of hydrogen-bond donors (Lipinski definition) is 2. The Morgan fingerprint density at radius 3 is 3.00 bits per heavy atom. The summed E-state index contributed by atoms with van der Waals surface area (Å²) in [5.41, 5.74) is 4.10. The molecule has 6 unspecified atom stereocenters. The van der Waals surface area contributed by atoms with E-state index in [4.69, 9.17) is 4.74 Å². The van der Waals surface area contributed by atoms with Gasteiger partial charge in [-0.2, -0.15) is 0 Å². The zero-order valence-electron chi connectivity index (χ0n) is 14.5. The lowest BCUT2D eigenvalue weighted by molar-refractivity contribution is -0.156. The van der Waals surface area contributed by atoms with Crippen LogP contribution in [0.2, 0.25) is 0 Å². The summed E-state index contributed by atoms with van der Waals surface area (Å²) in [6.07, 6.45) is 4.32. The van der Waals surface area contributed by atoms with Crippen molar-refractivity contribution in [1.29, 1.82) is 0 Å². The molecule has 1 aromatic heterocycles. The Morgan fingerprint density at radius 2 is 2.21 bits per heavy atom. The molecule has 0 amide bonds. The van der Waals surface area contributed by atoms with E-state index in [1.807, 2.05) is 0 Å². The van der Waals surface area contributed by atoms with Crippen LogP contribution in [0.4, 0.5) is 0 Å². The van der Waals surface area contributed by atoms with E-state index in [0.717, 1.165) is 25.1 Å². The molecule has 3 aliphatic heterocycles. The molecule has 24 heavy (non-hydrogen) atoms. The van der Waals surface area contributed by atoms with Crippen molar-refractivity contribution in [2.24, 2.45) is 11.8 Å². The van der Waals surface area contributed by atoms with Gasteiger partial charge in [-0.25, -0.2) is 0 Å². The molecule has 4 heterocycles. The summed E-state index contributed by atoms with van der Waals surface area (Å²) >= 11 is 0. The highest BCUT2D eigenvalue weighted by molar-refractivity contribution is 5.86. The first-order valence-corrected chi connectivity index (χ1v) is 9.33. The number of aromatic nitrogens is 1. The van der Waals surface area contributed by atoms with Crippen molar-refractivity contribution in [3.8, 4) is 5.75 Å². The Hall–Kier alpha value is -1.52. The quantitative estimate of drug-likeness (QED) is 0.890. The fourth-order valence-corrected chi connectivity index (χ4v) is 5.80. The van der Waals surface area contributed by atoms with E-state index < -0.39 is 0 Å². The number of H-pyrrole nitrogens is 1. The van der Waals surface area contributed by atoms with Crippen LogP contribution in [0.25, 0.3) is 10.9 Å². The minimum atomic E-state index is -0.232. The fourth-order valence-electron chi connectivity index (χ4n) is 5.80. The predicted molar refractivity (Wildman–Crippen MR) is 94.3 cm³/mol. The van der Waals surface area contributed by atoms with Crippen LogP contribution in [0.5, 0.6) is 5.75 Å². The molecule has 6 rings (SSSR count). The normalized spacial score (nSPS) is 37.3. The lowest BCUT2D eigenvalue weighted by atomic mass is 9.64. The molecule has 3 fully saturated rings. The molecule has 2 saturated heterocycles. The number of piperidine rings is 2. The average Bonchev–Trinajstić information content (AvgIpc) is 2.91. The lowest BCUT2D eigenvalue weighted by Crippen LogP contribution is -2.61. The van der Waals surface area contributed by atoms with Crippen molar-refractivity contribution in [2.45, 2.75) is 50.8 Å².